The van der Waals surface area contributed by atoms with Gasteiger partial charge >= 0.3 is 0 Å². The molecule has 2 rings (SSSR count). The van der Waals surface area contributed by atoms with E-state index >= 15 is 0 Å². The number of hydrogen-bond acceptors (Lipinski definition) is 3. The molecule has 1 heterocycles. The second kappa shape index (κ2) is 6.66. The van der Waals surface area contributed by atoms with Crippen molar-refractivity contribution in [3.63, 3.8) is 0 Å². The van der Waals surface area contributed by atoms with Gasteiger partial charge in [0.1, 0.15) is 0 Å². The number of ketones is 1. The van der Waals surface area contributed by atoms with Crippen molar-refractivity contribution in [3.8, 4) is 0 Å². The van der Waals surface area contributed by atoms with Gasteiger partial charge in [0.25, 0.3) is 0 Å². The van der Waals surface area contributed by atoms with E-state index in [4.69, 9.17) is 11.6 Å². The molecule has 2 nitrogen and oxygen atoms in total. The summed E-state index contributed by atoms with van der Waals surface area (Å²) in [6, 6.07) is 11.3. The van der Waals surface area contributed by atoms with Gasteiger partial charge in [0.15, 0.2) is 5.78 Å². The van der Waals surface area contributed by atoms with Crippen LogP contribution in [0.5, 0.6) is 0 Å². The average Bonchev–Trinajstić information content (AvgIpc) is 2.75. The number of benzene rings is 1. The van der Waals surface area contributed by atoms with E-state index in [0.717, 1.165) is 25.8 Å². The van der Waals surface area contributed by atoms with Crippen molar-refractivity contribution >= 4 is 44.7 Å². The van der Waals surface area contributed by atoms with Crippen LogP contribution in [-0.2, 0) is 6.54 Å². The highest BCUT2D eigenvalue weighted by atomic mass is 79.9. The second-order valence-corrected chi connectivity index (χ2v) is 7.02. The molecule has 19 heavy (non-hydrogen) atoms. The van der Waals surface area contributed by atoms with Gasteiger partial charge in [-0.05, 0) is 31.3 Å². The summed E-state index contributed by atoms with van der Waals surface area (Å²) in [6.07, 6.45) is 0. The summed E-state index contributed by atoms with van der Waals surface area (Å²) in [6.45, 7) is 1.14. The monoisotopic (exact) mass is 357 g/mol. The summed E-state index contributed by atoms with van der Waals surface area (Å²) < 4.78 is 1.76. The normalized spacial score (nSPS) is 10.9. The molecule has 0 saturated heterocycles. The minimum absolute atomic E-state index is 0.123. The summed E-state index contributed by atoms with van der Waals surface area (Å²) in [7, 11) is 1.93. The number of likely N-dealkylation sites (N-methyl/N-ethyl adjacent to an activating group) is 1. The largest absolute Gasteiger partial charge is 0.294 e. The standard InChI is InChI=1S/C14H13BrClNOS/c1-17(8-12-6-7-14(16)19-12)9-13(18)10-2-4-11(15)5-3-10/h2-7H,8-9H2,1H3. The molecule has 0 unspecified atom stereocenters. The third kappa shape index (κ3) is 4.42. The summed E-state index contributed by atoms with van der Waals surface area (Å²) in [5.41, 5.74) is 0.735. The van der Waals surface area contributed by atoms with E-state index in [1.165, 1.54) is 0 Å². The SMILES string of the molecule is CN(CC(=O)c1ccc(Br)cc1)Cc1ccc(Cl)s1. The first-order chi connectivity index (χ1) is 9.04. The zero-order chi connectivity index (χ0) is 13.8. The Labute approximate surface area is 130 Å². The fraction of sp³-hybridized carbons (Fsp3) is 0.214. The maximum Gasteiger partial charge on any atom is 0.176 e. The van der Waals surface area contributed by atoms with Crippen LogP contribution in [0.3, 0.4) is 0 Å². The van der Waals surface area contributed by atoms with Gasteiger partial charge < -0.3 is 0 Å². The Morgan fingerprint density at radius 1 is 1.26 bits per heavy atom. The van der Waals surface area contributed by atoms with E-state index in [0.29, 0.717) is 6.54 Å². The molecule has 0 atom stereocenters. The molecule has 1 aromatic heterocycles. The van der Waals surface area contributed by atoms with Gasteiger partial charge in [0.2, 0.25) is 0 Å². The van der Waals surface area contributed by atoms with Crippen molar-refractivity contribution < 1.29 is 4.79 Å². The molecule has 2 aromatic rings. The predicted octanol–water partition coefficient (Wildman–Crippen LogP) is 4.48. The van der Waals surface area contributed by atoms with Crippen LogP contribution < -0.4 is 0 Å². The number of carbonyl (C=O) groups is 1. The number of carbonyl (C=O) groups excluding carboxylic acids is 1. The number of nitrogens with zero attached hydrogens (tertiary/aromatic N) is 1. The molecule has 5 heteroatoms. The Balaban J connectivity index is 1.93. The first-order valence-corrected chi connectivity index (χ1v) is 7.75. The minimum atomic E-state index is 0.123. The molecule has 1 aromatic carbocycles. The Kier molecular flexibility index (Phi) is 5.16. The molecular formula is C14H13BrClNOS. The zero-order valence-electron chi connectivity index (χ0n) is 10.4. The molecule has 0 radical (unpaired) electrons. The fourth-order valence-electron chi connectivity index (χ4n) is 1.73. The van der Waals surface area contributed by atoms with E-state index < -0.39 is 0 Å². The summed E-state index contributed by atoms with van der Waals surface area (Å²) in [4.78, 5) is 15.2. The predicted molar refractivity (Wildman–Crippen MR) is 84.1 cm³/mol. The number of hydrogen-bond donors (Lipinski definition) is 0. The molecule has 0 saturated carbocycles. The summed E-state index contributed by atoms with van der Waals surface area (Å²) >= 11 is 10.8. The van der Waals surface area contributed by atoms with Gasteiger partial charge in [-0.3, -0.25) is 9.69 Å². The lowest BCUT2D eigenvalue weighted by atomic mass is 10.1. The lowest BCUT2D eigenvalue weighted by Gasteiger charge is -2.14. The van der Waals surface area contributed by atoms with Gasteiger partial charge in [-0.25, -0.2) is 0 Å². The maximum absolute atomic E-state index is 12.1. The van der Waals surface area contributed by atoms with Crippen molar-refractivity contribution in [1.29, 1.82) is 0 Å². The zero-order valence-corrected chi connectivity index (χ0v) is 13.6. The molecule has 0 spiro atoms. The van der Waals surface area contributed by atoms with Gasteiger partial charge in [-0.1, -0.05) is 39.7 Å². The quantitative estimate of drug-likeness (QED) is 0.735. The molecule has 0 fully saturated rings. The van der Waals surface area contributed by atoms with Crippen molar-refractivity contribution in [1.82, 2.24) is 4.90 Å². The highest BCUT2D eigenvalue weighted by molar-refractivity contribution is 9.10. The maximum atomic E-state index is 12.1. The van der Waals surface area contributed by atoms with Crippen LogP contribution in [-0.4, -0.2) is 24.3 Å². The van der Waals surface area contributed by atoms with Gasteiger partial charge in [0, 0.05) is 21.5 Å². The molecule has 0 bridgehead atoms. The number of thiophene rings is 1. The molecule has 0 N–H and O–H groups in total. The average molecular weight is 359 g/mol. The number of rotatable bonds is 5. The van der Waals surface area contributed by atoms with E-state index in [2.05, 4.69) is 15.9 Å². The minimum Gasteiger partial charge on any atom is -0.294 e. The van der Waals surface area contributed by atoms with E-state index in [1.54, 1.807) is 11.3 Å². The molecular weight excluding hydrogens is 346 g/mol. The highest BCUT2D eigenvalue weighted by Crippen LogP contribution is 2.22. The van der Waals surface area contributed by atoms with E-state index in [9.17, 15) is 4.79 Å². The molecule has 0 amide bonds. The number of halogens is 2. The summed E-state index contributed by atoms with van der Waals surface area (Å²) in [5.74, 6) is 0.123. The Bertz CT molecular complexity index is 567. The van der Waals surface area contributed by atoms with E-state index in [1.807, 2.05) is 48.3 Å². The van der Waals surface area contributed by atoms with Crippen molar-refractivity contribution in [2.75, 3.05) is 13.6 Å². The highest BCUT2D eigenvalue weighted by Gasteiger charge is 2.10. The van der Waals surface area contributed by atoms with Crippen LogP contribution >= 0.6 is 38.9 Å². The van der Waals surface area contributed by atoms with Crippen molar-refractivity contribution in [2.45, 2.75) is 6.54 Å². The number of Topliss-reactive ketones (excluding diaryl/α,β-unsaturated/α-hetero) is 1. The molecule has 100 valence electrons. The van der Waals surface area contributed by atoms with Crippen LogP contribution in [0.1, 0.15) is 15.2 Å². The Morgan fingerprint density at radius 2 is 1.95 bits per heavy atom. The summed E-state index contributed by atoms with van der Waals surface area (Å²) in [5, 5.41) is 0. The Hall–Kier alpha value is -0.680. The second-order valence-electron chi connectivity index (χ2n) is 4.31. The van der Waals surface area contributed by atoms with Gasteiger partial charge in [0.05, 0.1) is 10.9 Å². The van der Waals surface area contributed by atoms with Crippen molar-refractivity contribution in [3.05, 3.63) is 55.6 Å². The first kappa shape index (κ1) is 14.7. The van der Waals surface area contributed by atoms with Crippen LogP contribution in [0, 0.1) is 0 Å². The first-order valence-electron chi connectivity index (χ1n) is 5.76. The van der Waals surface area contributed by atoms with Crippen LogP contribution in [0.2, 0.25) is 4.34 Å². The third-order valence-electron chi connectivity index (χ3n) is 2.63. The fourth-order valence-corrected chi connectivity index (χ4v) is 3.16. The van der Waals surface area contributed by atoms with Crippen molar-refractivity contribution in [2.24, 2.45) is 0 Å². The third-order valence-corrected chi connectivity index (χ3v) is 4.38. The van der Waals surface area contributed by atoms with Crippen LogP contribution in [0.25, 0.3) is 0 Å². The smallest absolute Gasteiger partial charge is 0.176 e. The molecule has 0 aliphatic heterocycles. The van der Waals surface area contributed by atoms with Crippen LogP contribution in [0.15, 0.2) is 40.9 Å². The topological polar surface area (TPSA) is 20.3 Å². The molecule has 0 aliphatic carbocycles. The lowest BCUT2D eigenvalue weighted by molar-refractivity contribution is 0.0943. The van der Waals surface area contributed by atoms with Crippen LogP contribution in [0.4, 0.5) is 0 Å². The lowest BCUT2D eigenvalue weighted by Crippen LogP contribution is -2.25. The van der Waals surface area contributed by atoms with E-state index in [-0.39, 0.29) is 5.78 Å². The Morgan fingerprint density at radius 3 is 2.53 bits per heavy atom. The van der Waals surface area contributed by atoms with Gasteiger partial charge in [-0.15, -0.1) is 11.3 Å². The van der Waals surface area contributed by atoms with Gasteiger partial charge in [-0.2, -0.15) is 0 Å². The molecule has 0 aliphatic rings.